The Morgan fingerprint density at radius 3 is 1.11 bits per heavy atom. The van der Waals surface area contributed by atoms with Crippen LogP contribution in [0.4, 0.5) is 90.6 Å². The first-order valence-corrected chi connectivity index (χ1v) is 37.4. The summed E-state index contributed by atoms with van der Waals surface area (Å²) in [6.07, 6.45) is 5.03. The van der Waals surface area contributed by atoms with E-state index in [1.54, 1.807) is 52.2 Å². The van der Waals surface area contributed by atoms with Crippen LogP contribution in [-0.2, 0) is 14.2 Å². The van der Waals surface area contributed by atoms with E-state index < -0.39 is 39.4 Å². The number of halogens is 3. The molecular weight excluding hydrogens is 1470 g/mol. The van der Waals surface area contributed by atoms with Crippen LogP contribution in [0.5, 0.6) is 0 Å². The molecule has 0 bridgehead atoms. The summed E-state index contributed by atoms with van der Waals surface area (Å²) in [5.74, 6) is -0.839. The lowest BCUT2D eigenvalue weighted by atomic mass is 10.1. The van der Waals surface area contributed by atoms with Gasteiger partial charge in [-0.15, -0.1) is 10.2 Å². The lowest BCUT2D eigenvalue weighted by Crippen LogP contribution is -2.50. The van der Waals surface area contributed by atoms with E-state index in [1.165, 1.54) is 63.6 Å². The Labute approximate surface area is 661 Å². The molecule has 4 aromatic heterocycles. The van der Waals surface area contributed by atoms with Crippen molar-refractivity contribution in [1.29, 1.82) is 0 Å². The summed E-state index contributed by atoms with van der Waals surface area (Å²) in [5.41, 5.74) is 17.0. The van der Waals surface area contributed by atoms with Gasteiger partial charge in [0.05, 0.1) is 27.3 Å². The third-order valence-corrected chi connectivity index (χ3v) is 17.5. The van der Waals surface area contributed by atoms with Crippen molar-refractivity contribution >= 4 is 81.4 Å². The number of aryl methyl sites for hydroxylation is 5. The minimum absolute atomic E-state index is 0.0922. The zero-order valence-electron chi connectivity index (χ0n) is 67.0. The van der Waals surface area contributed by atoms with Gasteiger partial charge in [0.25, 0.3) is 11.4 Å². The minimum Gasteiger partial charge on any atom is -0.444 e. The number of hydrogen-bond acceptors (Lipinski definition) is 24. The van der Waals surface area contributed by atoms with Crippen LogP contribution >= 0.6 is 0 Å². The predicted octanol–water partition coefficient (Wildman–Crippen LogP) is 13.8. The predicted molar refractivity (Wildman–Crippen MR) is 434 cm³/mol. The zero-order chi connectivity index (χ0) is 82.8. The highest BCUT2D eigenvalue weighted by Gasteiger charge is 2.30. The molecule has 114 heavy (non-hydrogen) atoms. The number of benzene rings is 5. The molecule has 0 saturated carbocycles. The Bertz CT molecular complexity index is 4740. The van der Waals surface area contributed by atoms with Crippen molar-refractivity contribution in [2.75, 3.05) is 141 Å². The number of nitrogens with one attached hydrogen (secondary N) is 3. The van der Waals surface area contributed by atoms with Gasteiger partial charge >= 0.3 is 18.3 Å². The van der Waals surface area contributed by atoms with Gasteiger partial charge in [-0.1, -0.05) is 0 Å². The Balaban J connectivity index is 0.000000168. The molecule has 8 heterocycles. The van der Waals surface area contributed by atoms with Gasteiger partial charge < -0.3 is 70.2 Å². The van der Waals surface area contributed by atoms with E-state index in [-0.39, 0.29) is 34.6 Å². The summed E-state index contributed by atoms with van der Waals surface area (Å²) in [6.45, 7) is 38.2. The second-order valence-corrected chi connectivity index (χ2v) is 30.8. The fraction of sp³-hybridized carbons (Fsp3) is 0.412. The maximum atomic E-state index is 13.4. The molecule has 4 saturated heterocycles. The normalized spacial score (nSPS) is 14.4. The number of amides is 3. The van der Waals surface area contributed by atoms with Gasteiger partial charge in [0.15, 0.2) is 0 Å². The second kappa shape index (κ2) is 38.2. The van der Waals surface area contributed by atoms with E-state index in [4.69, 9.17) is 19.9 Å². The number of nitrogen functional groups attached to an aromatic ring is 1. The standard InChI is InChI=1S/C23H28FN7O2.C18H20FN7.C16H23N3O4.C16H25N3O2.C7H6FNO2/c1-16-11-17(27-21-26-15-31(28-21)18-5-6-25-20(24)14-18)13-19(12-16)29-7-9-30(10-8-29)22(32)33-23(2,3)4;1-13-8-14(10-16(9-13)25-6-4-20-5-7-25)23-18-22-12-26(24-18)15-2-3-21-17(19)11-15;1-12-9-13(11-14(10-12)19(21)22)17-5-7-18(8-6-17)15(20)23-16(2,3)4;1-12-9-13(17)11-14(10-12)18-5-7-19(8-6-18)15(20)21-16(2,3)4;1-5-2-6(8)4-7(3-5)9(10)11/h5-6,11-15H,7-10H2,1-4H3,(H,27,28);2-3,8-12,20H,4-7H2,1H3,(H,23,24);9-11H,5-8H2,1-4H3;9-11H,5-8,17H2,1-4H3;2-4H,1H3. The number of nitrogens with two attached hydrogens (primary N) is 1. The van der Waals surface area contributed by atoms with Gasteiger partial charge in [-0.3, -0.25) is 20.2 Å². The summed E-state index contributed by atoms with van der Waals surface area (Å²) in [7, 11) is 0. The SMILES string of the molecule is Cc1cc(F)cc([N+](=O)[O-])c1.Cc1cc(N)cc(N2CCN(C(=O)OC(C)(C)C)CC2)c1.Cc1cc(N2CCN(C(=O)OC(C)(C)C)CC2)cc([N+](=O)[O-])c1.Cc1cc(Nc2ncn(-c3ccnc(F)c3)n2)cc(N2CCN(C(=O)OC(C)(C)C)CC2)c1.Cc1cc(Nc2ncn(-c3ccnc(F)c3)n2)cc(N2CCNCC2)c1. The van der Waals surface area contributed by atoms with Crippen molar-refractivity contribution in [3.05, 3.63) is 206 Å². The Hall–Kier alpha value is -12.4. The number of carbonyl (C=O) groups is 3. The number of nitro groups is 2. The highest BCUT2D eigenvalue weighted by Crippen LogP contribution is 2.30. The molecule has 31 nitrogen and oxygen atoms in total. The number of aromatic nitrogens is 8. The van der Waals surface area contributed by atoms with Gasteiger partial charge in [-0.2, -0.15) is 18.7 Å². The van der Waals surface area contributed by atoms with Gasteiger partial charge in [-0.05, 0) is 204 Å². The number of non-ortho nitro benzene ring substituents is 2. The molecule has 9 aromatic rings. The lowest BCUT2D eigenvalue weighted by Gasteiger charge is -2.37. The van der Waals surface area contributed by atoms with Crippen molar-refractivity contribution in [3.63, 3.8) is 0 Å². The molecule has 5 aromatic carbocycles. The average Bonchev–Trinajstić information content (AvgIpc) is 1.33. The third kappa shape index (κ3) is 26.7. The van der Waals surface area contributed by atoms with E-state index in [0.717, 1.165) is 96.1 Å². The molecule has 0 unspecified atom stereocenters. The number of nitrogens with zero attached hydrogens (tertiary/aromatic N) is 17. The number of rotatable bonds is 12. The Morgan fingerprint density at radius 2 is 0.754 bits per heavy atom. The summed E-state index contributed by atoms with van der Waals surface area (Å²) in [5, 5.41) is 39.7. The number of nitro benzene ring substituents is 2. The van der Waals surface area contributed by atoms with Crippen LogP contribution in [-0.4, -0.2) is 204 Å². The molecule has 4 aliphatic heterocycles. The first-order chi connectivity index (χ1) is 53.8. The first-order valence-electron chi connectivity index (χ1n) is 37.4. The van der Waals surface area contributed by atoms with Gasteiger partial charge in [-0.25, -0.2) is 38.1 Å². The van der Waals surface area contributed by atoms with Crippen molar-refractivity contribution in [3.8, 4) is 11.4 Å². The maximum absolute atomic E-state index is 13.4. The second-order valence-electron chi connectivity index (χ2n) is 30.8. The molecule has 0 aliphatic carbocycles. The van der Waals surface area contributed by atoms with E-state index in [1.807, 2.05) is 113 Å². The van der Waals surface area contributed by atoms with Crippen LogP contribution in [0.15, 0.2) is 140 Å². The van der Waals surface area contributed by atoms with Crippen molar-refractivity contribution in [2.45, 2.75) is 114 Å². The van der Waals surface area contributed by atoms with Gasteiger partial charge in [0, 0.05) is 187 Å². The van der Waals surface area contributed by atoms with Crippen LogP contribution in [0.25, 0.3) is 11.4 Å². The summed E-state index contributed by atoms with van der Waals surface area (Å²) in [4.78, 5) is 86.3. The molecule has 4 fully saturated rings. The molecular formula is C80H102F3N21O10. The molecule has 5 N–H and O–H groups in total. The fourth-order valence-electron chi connectivity index (χ4n) is 12.4. The van der Waals surface area contributed by atoms with Gasteiger partial charge in [0.1, 0.15) is 35.3 Å². The quantitative estimate of drug-likeness (QED) is 0.0290. The molecule has 0 atom stereocenters. The monoisotopic (exact) mass is 1570 g/mol. The lowest BCUT2D eigenvalue weighted by molar-refractivity contribution is -0.385. The van der Waals surface area contributed by atoms with E-state index in [9.17, 15) is 47.8 Å². The average molecular weight is 1570 g/mol. The molecule has 608 valence electrons. The first kappa shape index (κ1) is 85.6. The van der Waals surface area contributed by atoms with Crippen LogP contribution in [0.2, 0.25) is 0 Å². The summed E-state index contributed by atoms with van der Waals surface area (Å²) >= 11 is 0. The molecule has 34 heteroatoms. The largest absolute Gasteiger partial charge is 0.444 e. The van der Waals surface area contributed by atoms with E-state index >= 15 is 0 Å². The Morgan fingerprint density at radius 1 is 0.421 bits per heavy atom. The number of pyridine rings is 2. The van der Waals surface area contributed by atoms with Gasteiger partial charge in [0.2, 0.25) is 23.8 Å². The minimum atomic E-state index is -0.615. The topological polar surface area (TPSA) is 337 Å². The van der Waals surface area contributed by atoms with E-state index in [0.29, 0.717) is 94.3 Å². The highest BCUT2D eigenvalue weighted by molar-refractivity contribution is 5.71. The number of ether oxygens (including phenoxy) is 3. The van der Waals surface area contributed by atoms with Crippen LogP contribution in [0.3, 0.4) is 0 Å². The zero-order valence-corrected chi connectivity index (χ0v) is 67.0. The fourth-order valence-corrected chi connectivity index (χ4v) is 12.4. The van der Waals surface area contributed by atoms with E-state index in [2.05, 4.69) is 103 Å². The third-order valence-electron chi connectivity index (χ3n) is 17.5. The van der Waals surface area contributed by atoms with Crippen LogP contribution in [0.1, 0.15) is 90.1 Å². The number of carbonyl (C=O) groups excluding carboxylic acids is 3. The van der Waals surface area contributed by atoms with Crippen LogP contribution < -0.4 is 41.3 Å². The molecule has 0 radical (unpaired) electrons. The number of hydrogen-bond donors (Lipinski definition) is 4. The maximum Gasteiger partial charge on any atom is 0.410 e. The smallest absolute Gasteiger partial charge is 0.410 e. The molecule has 4 aliphatic rings. The summed E-state index contributed by atoms with van der Waals surface area (Å²) in [6, 6.07) is 33.0. The number of anilines is 9. The molecule has 0 spiro atoms. The van der Waals surface area contributed by atoms with Crippen molar-refractivity contribution in [1.82, 2.24) is 59.5 Å². The highest BCUT2D eigenvalue weighted by atomic mass is 19.1. The Kier molecular flexibility index (Phi) is 28.7. The van der Waals surface area contributed by atoms with Crippen molar-refractivity contribution in [2.24, 2.45) is 0 Å². The number of piperazine rings is 4. The van der Waals surface area contributed by atoms with Crippen molar-refractivity contribution < 1.29 is 51.6 Å². The summed E-state index contributed by atoms with van der Waals surface area (Å²) < 4.78 is 58.4. The molecule has 13 rings (SSSR count). The van der Waals surface area contributed by atoms with Crippen LogP contribution in [0, 0.1) is 72.6 Å². The molecule has 3 amide bonds.